The van der Waals surface area contributed by atoms with Gasteiger partial charge in [0.15, 0.2) is 0 Å². The van der Waals surface area contributed by atoms with E-state index in [4.69, 9.17) is 4.74 Å². The third kappa shape index (κ3) is 3.87. The quantitative estimate of drug-likeness (QED) is 0.889. The second-order valence-corrected chi connectivity index (χ2v) is 8.59. The first-order valence-corrected chi connectivity index (χ1v) is 10.3. The highest BCUT2D eigenvalue weighted by molar-refractivity contribution is 7.88. The highest BCUT2D eigenvalue weighted by atomic mass is 32.2. The van der Waals surface area contributed by atoms with Gasteiger partial charge in [-0.2, -0.15) is 0 Å². The van der Waals surface area contributed by atoms with Crippen molar-refractivity contribution >= 4 is 10.0 Å². The number of hydrogen-bond donors (Lipinski definition) is 1. The van der Waals surface area contributed by atoms with E-state index in [0.29, 0.717) is 25.0 Å². The van der Waals surface area contributed by atoms with Crippen LogP contribution in [0.15, 0.2) is 18.2 Å². The molecule has 23 heavy (non-hydrogen) atoms. The van der Waals surface area contributed by atoms with Gasteiger partial charge < -0.3 is 10.1 Å². The molecular weight excluding hydrogens is 312 g/mol. The minimum absolute atomic E-state index is 0.372. The maximum Gasteiger partial charge on any atom is 0.211 e. The molecule has 2 heterocycles. The van der Waals surface area contributed by atoms with Crippen molar-refractivity contribution in [2.45, 2.75) is 38.8 Å². The fourth-order valence-corrected chi connectivity index (χ4v) is 4.48. The standard InChI is InChI=1S/C17H26N2O3S/c1-3-14-12-19(23(2,20)21)8-6-16(14)18-11-13-4-5-17-15(10-13)7-9-22-17/h4-5,10,14,16,18H,3,6-9,11-12H2,1-2H3/t14-,16-/m0/s1. The summed E-state index contributed by atoms with van der Waals surface area (Å²) in [5.74, 6) is 1.39. The number of hydrogen-bond acceptors (Lipinski definition) is 4. The van der Waals surface area contributed by atoms with Gasteiger partial charge in [0.05, 0.1) is 12.9 Å². The normalized spacial score (nSPS) is 25.1. The molecule has 0 aliphatic carbocycles. The molecule has 1 aromatic rings. The van der Waals surface area contributed by atoms with E-state index in [-0.39, 0.29) is 0 Å². The Balaban J connectivity index is 1.59. The number of sulfonamides is 1. The highest BCUT2D eigenvalue weighted by Gasteiger charge is 2.31. The van der Waals surface area contributed by atoms with Crippen molar-refractivity contribution in [2.75, 3.05) is 26.0 Å². The third-order valence-corrected chi connectivity index (χ3v) is 6.28. The zero-order chi connectivity index (χ0) is 16.4. The Labute approximate surface area is 139 Å². The Bertz CT molecular complexity index is 660. The van der Waals surface area contributed by atoms with Crippen LogP contribution >= 0.6 is 0 Å². The average Bonchev–Trinajstić information content (AvgIpc) is 2.99. The number of fused-ring (bicyclic) bond motifs is 1. The first-order valence-electron chi connectivity index (χ1n) is 8.40. The van der Waals surface area contributed by atoms with Crippen LogP contribution in [-0.4, -0.2) is 44.7 Å². The minimum atomic E-state index is -3.07. The fourth-order valence-electron chi connectivity index (χ4n) is 3.58. The first kappa shape index (κ1) is 16.7. The van der Waals surface area contributed by atoms with Crippen molar-refractivity contribution in [3.63, 3.8) is 0 Å². The summed E-state index contributed by atoms with van der Waals surface area (Å²) in [6.07, 6.45) is 4.16. The zero-order valence-electron chi connectivity index (χ0n) is 13.9. The van der Waals surface area contributed by atoms with E-state index in [1.165, 1.54) is 17.4 Å². The van der Waals surface area contributed by atoms with E-state index in [9.17, 15) is 8.42 Å². The Morgan fingerprint density at radius 1 is 1.39 bits per heavy atom. The Morgan fingerprint density at radius 3 is 2.96 bits per heavy atom. The molecule has 0 aromatic heterocycles. The van der Waals surface area contributed by atoms with Crippen LogP contribution in [0, 0.1) is 5.92 Å². The largest absolute Gasteiger partial charge is 0.493 e. The van der Waals surface area contributed by atoms with Crippen LogP contribution in [0.4, 0.5) is 0 Å². The van der Waals surface area contributed by atoms with Crippen molar-refractivity contribution in [1.29, 1.82) is 0 Å². The molecule has 0 radical (unpaired) electrons. The van der Waals surface area contributed by atoms with Crippen molar-refractivity contribution in [1.82, 2.24) is 9.62 Å². The van der Waals surface area contributed by atoms with Gasteiger partial charge in [0, 0.05) is 32.1 Å². The molecule has 0 bridgehead atoms. The summed E-state index contributed by atoms with van der Waals surface area (Å²) in [5.41, 5.74) is 2.57. The van der Waals surface area contributed by atoms with Crippen LogP contribution in [0.1, 0.15) is 30.9 Å². The average molecular weight is 338 g/mol. The smallest absolute Gasteiger partial charge is 0.211 e. The maximum absolute atomic E-state index is 11.7. The van der Waals surface area contributed by atoms with Gasteiger partial charge in [-0.15, -0.1) is 0 Å². The van der Waals surface area contributed by atoms with Crippen molar-refractivity contribution in [3.05, 3.63) is 29.3 Å². The van der Waals surface area contributed by atoms with Gasteiger partial charge in [0.2, 0.25) is 10.0 Å². The first-order chi connectivity index (χ1) is 11.0. The van der Waals surface area contributed by atoms with Crippen LogP contribution in [0.3, 0.4) is 0 Å². The highest BCUT2D eigenvalue weighted by Crippen LogP contribution is 2.26. The summed E-state index contributed by atoms with van der Waals surface area (Å²) < 4.78 is 30.6. The number of nitrogens with one attached hydrogen (secondary N) is 1. The van der Waals surface area contributed by atoms with E-state index in [2.05, 4.69) is 30.4 Å². The van der Waals surface area contributed by atoms with Crippen LogP contribution in [0.2, 0.25) is 0 Å². The van der Waals surface area contributed by atoms with E-state index in [1.807, 2.05) is 0 Å². The molecule has 0 amide bonds. The molecule has 128 valence electrons. The molecular formula is C17H26N2O3S. The summed E-state index contributed by atoms with van der Waals surface area (Å²) in [4.78, 5) is 0. The van der Waals surface area contributed by atoms with Crippen LogP contribution < -0.4 is 10.1 Å². The van der Waals surface area contributed by atoms with Gasteiger partial charge >= 0.3 is 0 Å². The number of piperidine rings is 1. The lowest BCUT2D eigenvalue weighted by molar-refractivity contribution is 0.202. The lowest BCUT2D eigenvalue weighted by Gasteiger charge is -2.37. The molecule has 1 aromatic carbocycles. The SMILES string of the molecule is CC[C@H]1CN(S(C)(=O)=O)CC[C@@H]1NCc1ccc2c(c1)CCO2. The third-order valence-electron chi connectivity index (χ3n) is 5.01. The second-order valence-electron chi connectivity index (χ2n) is 6.61. The van der Waals surface area contributed by atoms with Crippen molar-refractivity contribution in [2.24, 2.45) is 5.92 Å². The van der Waals surface area contributed by atoms with E-state index >= 15 is 0 Å². The fraction of sp³-hybridized carbons (Fsp3) is 0.647. The number of ether oxygens (including phenoxy) is 1. The van der Waals surface area contributed by atoms with E-state index < -0.39 is 10.0 Å². The summed E-state index contributed by atoms with van der Waals surface area (Å²) in [7, 11) is -3.07. The number of rotatable bonds is 5. The van der Waals surface area contributed by atoms with Gasteiger partial charge in [-0.25, -0.2) is 12.7 Å². The van der Waals surface area contributed by atoms with Crippen LogP contribution in [0.25, 0.3) is 0 Å². The molecule has 1 saturated heterocycles. The van der Waals surface area contributed by atoms with Gasteiger partial charge in [0.1, 0.15) is 5.75 Å². The summed E-state index contributed by atoms with van der Waals surface area (Å²) in [6.45, 7) is 5.00. The molecule has 5 nitrogen and oxygen atoms in total. The number of nitrogens with zero attached hydrogens (tertiary/aromatic N) is 1. The van der Waals surface area contributed by atoms with E-state index in [0.717, 1.165) is 38.2 Å². The lowest BCUT2D eigenvalue weighted by atomic mass is 9.91. The molecule has 6 heteroatoms. The van der Waals surface area contributed by atoms with Gasteiger partial charge in [-0.1, -0.05) is 25.5 Å². The maximum atomic E-state index is 11.7. The summed E-state index contributed by atoms with van der Waals surface area (Å²) >= 11 is 0. The molecule has 0 unspecified atom stereocenters. The molecule has 1 fully saturated rings. The molecule has 0 spiro atoms. The van der Waals surface area contributed by atoms with Crippen molar-refractivity contribution in [3.8, 4) is 5.75 Å². The number of benzene rings is 1. The predicted molar refractivity (Wildman–Crippen MR) is 91.1 cm³/mol. The van der Waals surface area contributed by atoms with Crippen molar-refractivity contribution < 1.29 is 13.2 Å². The van der Waals surface area contributed by atoms with Gasteiger partial charge in [0.25, 0.3) is 0 Å². The zero-order valence-corrected chi connectivity index (χ0v) is 14.7. The Hall–Kier alpha value is -1.11. The molecule has 0 saturated carbocycles. The summed E-state index contributed by atoms with van der Waals surface area (Å²) in [5, 5.41) is 3.64. The predicted octanol–water partition coefficient (Wildman–Crippen LogP) is 1.77. The molecule has 1 N–H and O–H groups in total. The minimum Gasteiger partial charge on any atom is -0.493 e. The molecule has 2 aliphatic heterocycles. The van der Waals surface area contributed by atoms with Gasteiger partial charge in [-0.05, 0) is 29.5 Å². The second kappa shape index (κ2) is 6.79. The lowest BCUT2D eigenvalue weighted by Crippen LogP contribution is -2.50. The Morgan fingerprint density at radius 2 is 2.22 bits per heavy atom. The topological polar surface area (TPSA) is 58.6 Å². The van der Waals surface area contributed by atoms with Crippen LogP contribution in [-0.2, 0) is 23.0 Å². The Kier molecular flexibility index (Phi) is 4.94. The molecule has 2 atom stereocenters. The van der Waals surface area contributed by atoms with E-state index in [1.54, 1.807) is 4.31 Å². The van der Waals surface area contributed by atoms with Gasteiger partial charge in [-0.3, -0.25) is 0 Å². The van der Waals surface area contributed by atoms with Crippen LogP contribution in [0.5, 0.6) is 5.75 Å². The summed E-state index contributed by atoms with van der Waals surface area (Å²) in [6, 6.07) is 6.77. The molecule has 3 rings (SSSR count). The monoisotopic (exact) mass is 338 g/mol. The molecule has 2 aliphatic rings.